The Morgan fingerprint density at radius 1 is 1.37 bits per heavy atom. The van der Waals surface area contributed by atoms with Gasteiger partial charge in [0.25, 0.3) is 0 Å². The molecule has 0 aromatic carbocycles. The molecule has 0 saturated carbocycles. The molecule has 0 aliphatic carbocycles. The maximum Gasteiger partial charge on any atom is 0.103 e. The molecule has 1 heterocycles. The predicted molar refractivity (Wildman–Crippen MR) is 80.1 cm³/mol. The third-order valence-electron chi connectivity index (χ3n) is 4.36. The van der Waals surface area contributed by atoms with Crippen molar-refractivity contribution in [3.05, 3.63) is 0 Å². The van der Waals surface area contributed by atoms with Crippen LogP contribution in [-0.4, -0.2) is 60.6 Å². The second-order valence-electron chi connectivity index (χ2n) is 6.59. The van der Waals surface area contributed by atoms with Gasteiger partial charge in [0.2, 0.25) is 0 Å². The van der Waals surface area contributed by atoms with E-state index in [2.05, 4.69) is 49.0 Å². The fourth-order valence-corrected chi connectivity index (χ4v) is 2.76. The van der Waals surface area contributed by atoms with E-state index in [4.69, 9.17) is 0 Å². The summed E-state index contributed by atoms with van der Waals surface area (Å²) in [6.07, 6.45) is 2.00. The molecule has 0 aromatic rings. The summed E-state index contributed by atoms with van der Waals surface area (Å²) in [5, 5.41) is 12.5. The van der Waals surface area contributed by atoms with Crippen molar-refractivity contribution in [3.8, 4) is 6.07 Å². The highest BCUT2D eigenvalue weighted by Gasteiger charge is 2.31. The van der Waals surface area contributed by atoms with Crippen molar-refractivity contribution in [3.63, 3.8) is 0 Å². The van der Waals surface area contributed by atoms with E-state index in [-0.39, 0.29) is 11.1 Å². The van der Waals surface area contributed by atoms with E-state index >= 15 is 0 Å². The quantitative estimate of drug-likeness (QED) is 0.794. The molecule has 1 fully saturated rings. The van der Waals surface area contributed by atoms with Gasteiger partial charge in [-0.3, -0.25) is 10.2 Å². The zero-order chi connectivity index (χ0) is 14.5. The minimum absolute atomic E-state index is 0.262. The third kappa shape index (κ3) is 4.76. The monoisotopic (exact) mass is 266 g/mol. The lowest BCUT2D eigenvalue weighted by molar-refractivity contribution is 0.0387. The largest absolute Gasteiger partial charge is 0.300 e. The summed E-state index contributed by atoms with van der Waals surface area (Å²) in [4.78, 5) is 4.96. The molecular formula is C15H30N4. The molecule has 0 spiro atoms. The van der Waals surface area contributed by atoms with Crippen molar-refractivity contribution in [2.45, 2.75) is 51.6 Å². The molecule has 1 aliphatic rings. The van der Waals surface area contributed by atoms with Crippen LogP contribution in [0, 0.1) is 11.3 Å². The summed E-state index contributed by atoms with van der Waals surface area (Å²) in [5.41, 5.74) is -0.102. The van der Waals surface area contributed by atoms with Gasteiger partial charge in [-0.2, -0.15) is 5.26 Å². The fraction of sp³-hybridized carbons (Fsp3) is 0.933. The van der Waals surface area contributed by atoms with E-state index in [1.807, 2.05) is 6.92 Å². The van der Waals surface area contributed by atoms with Gasteiger partial charge in [0.05, 0.1) is 6.07 Å². The highest BCUT2D eigenvalue weighted by molar-refractivity contribution is 5.03. The van der Waals surface area contributed by atoms with E-state index in [1.54, 1.807) is 0 Å². The summed E-state index contributed by atoms with van der Waals surface area (Å²) in [5.74, 6) is 0. The van der Waals surface area contributed by atoms with Gasteiger partial charge in [-0.1, -0.05) is 6.92 Å². The van der Waals surface area contributed by atoms with Gasteiger partial charge in [0.1, 0.15) is 5.54 Å². The first-order valence-electron chi connectivity index (χ1n) is 7.43. The topological polar surface area (TPSA) is 42.3 Å². The van der Waals surface area contributed by atoms with E-state index in [1.165, 1.54) is 0 Å². The lowest BCUT2D eigenvalue weighted by atomic mass is 9.96. The highest BCUT2D eigenvalue weighted by Crippen LogP contribution is 2.20. The second-order valence-corrected chi connectivity index (χ2v) is 6.59. The van der Waals surface area contributed by atoms with Crippen molar-refractivity contribution in [1.82, 2.24) is 15.1 Å². The third-order valence-corrected chi connectivity index (χ3v) is 4.36. The number of piperazine rings is 1. The number of hydrogen-bond acceptors (Lipinski definition) is 4. The van der Waals surface area contributed by atoms with Crippen molar-refractivity contribution in [1.29, 1.82) is 5.26 Å². The van der Waals surface area contributed by atoms with Crippen LogP contribution in [0.5, 0.6) is 0 Å². The summed E-state index contributed by atoms with van der Waals surface area (Å²) in [7, 11) is 2.20. The Kier molecular flexibility index (Phi) is 5.79. The number of likely N-dealkylation sites (N-methyl/N-ethyl adjacent to an activating group) is 1. The van der Waals surface area contributed by atoms with Crippen LogP contribution in [0.1, 0.15) is 40.5 Å². The maximum atomic E-state index is 9.24. The van der Waals surface area contributed by atoms with Gasteiger partial charge in [0, 0.05) is 25.2 Å². The average molecular weight is 266 g/mol. The Hall–Kier alpha value is -0.630. The van der Waals surface area contributed by atoms with Crippen molar-refractivity contribution < 1.29 is 0 Å². The molecule has 1 saturated heterocycles. The highest BCUT2D eigenvalue weighted by atomic mass is 15.3. The van der Waals surface area contributed by atoms with Gasteiger partial charge < -0.3 is 4.90 Å². The second kappa shape index (κ2) is 6.69. The predicted octanol–water partition coefficient (Wildman–Crippen LogP) is 1.68. The zero-order valence-electron chi connectivity index (χ0n) is 13.3. The number of nitrogens with zero attached hydrogens (tertiary/aromatic N) is 3. The van der Waals surface area contributed by atoms with Gasteiger partial charge in [-0.05, 0) is 53.8 Å². The minimum Gasteiger partial charge on any atom is -0.300 e. The van der Waals surface area contributed by atoms with Gasteiger partial charge in [0.15, 0.2) is 0 Å². The lowest BCUT2D eigenvalue weighted by Gasteiger charge is -2.45. The summed E-state index contributed by atoms with van der Waals surface area (Å²) < 4.78 is 0. The Labute approximate surface area is 118 Å². The number of nitriles is 1. The summed E-state index contributed by atoms with van der Waals surface area (Å²) >= 11 is 0. The van der Waals surface area contributed by atoms with Crippen LogP contribution < -0.4 is 5.32 Å². The number of hydrogen-bond donors (Lipinski definition) is 1. The first kappa shape index (κ1) is 16.4. The molecule has 110 valence electrons. The summed E-state index contributed by atoms with van der Waals surface area (Å²) in [6.45, 7) is 14.0. The molecule has 1 rings (SSSR count). The molecule has 19 heavy (non-hydrogen) atoms. The zero-order valence-corrected chi connectivity index (χ0v) is 13.3. The van der Waals surface area contributed by atoms with Gasteiger partial charge in [-0.25, -0.2) is 0 Å². The van der Waals surface area contributed by atoms with Crippen LogP contribution >= 0.6 is 0 Å². The molecule has 0 amide bonds. The van der Waals surface area contributed by atoms with Crippen LogP contribution in [0.2, 0.25) is 0 Å². The van der Waals surface area contributed by atoms with Crippen molar-refractivity contribution in [2.24, 2.45) is 0 Å². The molecule has 0 radical (unpaired) electrons. The number of nitrogens with one attached hydrogen (secondary N) is 1. The van der Waals surface area contributed by atoms with E-state index in [0.717, 1.165) is 45.6 Å². The Balaban J connectivity index is 2.36. The Morgan fingerprint density at radius 2 is 2.05 bits per heavy atom. The molecule has 4 nitrogen and oxygen atoms in total. The molecule has 1 unspecified atom stereocenters. The standard InChI is InChI=1S/C15H30N4/c1-6-17-15(4,12-16)8-7-9-19-11-10-18(5)14(2,3)13-19/h17H,6-11,13H2,1-5H3. The first-order chi connectivity index (χ1) is 8.83. The molecule has 0 aromatic heterocycles. The van der Waals surface area contributed by atoms with Crippen molar-refractivity contribution >= 4 is 0 Å². The van der Waals surface area contributed by atoms with E-state index in [0.29, 0.717) is 0 Å². The van der Waals surface area contributed by atoms with Gasteiger partial charge in [-0.15, -0.1) is 0 Å². The first-order valence-corrected chi connectivity index (χ1v) is 7.43. The van der Waals surface area contributed by atoms with Crippen LogP contribution in [0.4, 0.5) is 0 Å². The van der Waals surface area contributed by atoms with Crippen LogP contribution in [-0.2, 0) is 0 Å². The SMILES string of the molecule is CCNC(C)(C#N)CCCN1CCN(C)C(C)(C)C1. The van der Waals surface area contributed by atoms with Crippen LogP contribution in [0.15, 0.2) is 0 Å². The molecule has 0 bridgehead atoms. The fourth-order valence-electron chi connectivity index (χ4n) is 2.76. The molecule has 1 aliphatic heterocycles. The van der Waals surface area contributed by atoms with Crippen molar-refractivity contribution in [2.75, 3.05) is 39.8 Å². The van der Waals surface area contributed by atoms with E-state index < -0.39 is 0 Å². The molecule has 4 heteroatoms. The smallest absolute Gasteiger partial charge is 0.103 e. The Morgan fingerprint density at radius 3 is 2.58 bits per heavy atom. The minimum atomic E-state index is -0.364. The van der Waals surface area contributed by atoms with Crippen LogP contribution in [0.3, 0.4) is 0 Å². The van der Waals surface area contributed by atoms with E-state index in [9.17, 15) is 5.26 Å². The number of rotatable bonds is 6. The van der Waals surface area contributed by atoms with Gasteiger partial charge >= 0.3 is 0 Å². The summed E-state index contributed by atoms with van der Waals surface area (Å²) in [6, 6.07) is 2.40. The Bertz CT molecular complexity index is 321. The normalized spacial score (nSPS) is 23.8. The lowest BCUT2D eigenvalue weighted by Crippen LogP contribution is -2.57. The molecule has 1 N–H and O–H groups in total. The van der Waals surface area contributed by atoms with Crippen LogP contribution in [0.25, 0.3) is 0 Å². The maximum absolute atomic E-state index is 9.24. The molecular weight excluding hydrogens is 236 g/mol. The average Bonchev–Trinajstić information content (AvgIpc) is 2.34. The molecule has 1 atom stereocenters.